The Morgan fingerprint density at radius 1 is 0.844 bits per heavy atom. The van der Waals surface area contributed by atoms with Crippen LogP contribution < -0.4 is 14.2 Å². The maximum absolute atomic E-state index is 13.3. The minimum atomic E-state index is -0.699. The van der Waals surface area contributed by atoms with Crippen LogP contribution in [-0.2, 0) is 13.1 Å². The fourth-order valence-electron chi connectivity index (χ4n) is 3.53. The third-order valence-corrected chi connectivity index (χ3v) is 5.17. The Bertz CT molecular complexity index is 993. The highest BCUT2D eigenvalue weighted by molar-refractivity contribution is 5.42. The highest BCUT2D eigenvalue weighted by Gasteiger charge is 2.16. The predicted octanol–water partition coefficient (Wildman–Crippen LogP) is 4.59. The van der Waals surface area contributed by atoms with Gasteiger partial charge in [-0.15, -0.1) is 0 Å². The molecule has 1 atom stereocenters. The van der Waals surface area contributed by atoms with E-state index in [1.165, 1.54) is 12.1 Å². The first-order valence-electron chi connectivity index (χ1n) is 10.5. The third kappa shape index (κ3) is 6.70. The summed E-state index contributed by atoms with van der Waals surface area (Å²) < 4.78 is 29.9. The van der Waals surface area contributed by atoms with Gasteiger partial charge in [-0.2, -0.15) is 0 Å². The van der Waals surface area contributed by atoms with Crippen LogP contribution in [0.3, 0.4) is 0 Å². The lowest BCUT2D eigenvalue weighted by Crippen LogP contribution is -2.35. The largest absolute Gasteiger partial charge is 0.493 e. The second-order valence-corrected chi connectivity index (χ2v) is 7.72. The molecular weight excluding hydrogens is 409 g/mol. The summed E-state index contributed by atoms with van der Waals surface area (Å²) >= 11 is 0. The van der Waals surface area contributed by atoms with Gasteiger partial charge >= 0.3 is 0 Å². The Balaban J connectivity index is 1.71. The molecule has 6 heteroatoms. The van der Waals surface area contributed by atoms with Crippen LogP contribution in [0, 0.1) is 12.7 Å². The number of rotatable bonds is 11. The zero-order valence-corrected chi connectivity index (χ0v) is 18.8. The molecule has 3 aromatic rings. The van der Waals surface area contributed by atoms with Crippen LogP contribution in [0.25, 0.3) is 0 Å². The smallest absolute Gasteiger partial charge is 0.161 e. The molecule has 0 aliphatic rings. The third-order valence-electron chi connectivity index (χ3n) is 5.17. The van der Waals surface area contributed by atoms with Crippen molar-refractivity contribution in [1.29, 1.82) is 0 Å². The quantitative estimate of drug-likeness (QED) is 0.474. The normalized spacial score (nSPS) is 11.9. The number of ether oxygens (including phenoxy) is 3. The van der Waals surface area contributed by atoms with Crippen LogP contribution in [0.4, 0.5) is 4.39 Å². The molecule has 0 heterocycles. The van der Waals surface area contributed by atoms with E-state index >= 15 is 0 Å². The second kappa shape index (κ2) is 11.5. The average molecular weight is 440 g/mol. The summed E-state index contributed by atoms with van der Waals surface area (Å²) in [6.45, 7) is 3.66. The highest BCUT2D eigenvalue weighted by atomic mass is 19.1. The first-order valence-corrected chi connectivity index (χ1v) is 10.5. The zero-order chi connectivity index (χ0) is 22.9. The van der Waals surface area contributed by atoms with Crippen LogP contribution in [0.2, 0.25) is 0 Å². The van der Waals surface area contributed by atoms with Crippen LogP contribution in [0.5, 0.6) is 17.2 Å². The Morgan fingerprint density at radius 3 is 2.19 bits per heavy atom. The maximum atomic E-state index is 13.3. The van der Waals surface area contributed by atoms with Gasteiger partial charge in [0.2, 0.25) is 0 Å². The van der Waals surface area contributed by atoms with E-state index in [9.17, 15) is 9.50 Å². The zero-order valence-electron chi connectivity index (χ0n) is 18.8. The van der Waals surface area contributed by atoms with E-state index in [0.29, 0.717) is 31.1 Å². The van der Waals surface area contributed by atoms with E-state index in [2.05, 4.69) is 4.90 Å². The number of nitrogens with zero attached hydrogens (tertiary/aromatic N) is 1. The van der Waals surface area contributed by atoms with Gasteiger partial charge in [0.05, 0.1) is 14.2 Å². The van der Waals surface area contributed by atoms with Gasteiger partial charge in [-0.25, -0.2) is 4.39 Å². The van der Waals surface area contributed by atoms with Crippen molar-refractivity contribution in [2.24, 2.45) is 0 Å². The molecule has 0 aliphatic carbocycles. The van der Waals surface area contributed by atoms with Gasteiger partial charge in [0, 0.05) is 19.6 Å². The highest BCUT2D eigenvalue weighted by Crippen LogP contribution is 2.28. The first kappa shape index (κ1) is 23.6. The van der Waals surface area contributed by atoms with Gasteiger partial charge in [-0.1, -0.05) is 36.4 Å². The summed E-state index contributed by atoms with van der Waals surface area (Å²) in [7, 11) is 3.20. The van der Waals surface area contributed by atoms with Crippen LogP contribution in [0.1, 0.15) is 16.7 Å². The van der Waals surface area contributed by atoms with Crippen molar-refractivity contribution >= 4 is 0 Å². The Kier molecular flexibility index (Phi) is 8.48. The molecule has 3 aromatic carbocycles. The van der Waals surface area contributed by atoms with E-state index in [1.807, 2.05) is 49.4 Å². The maximum Gasteiger partial charge on any atom is 0.161 e. The van der Waals surface area contributed by atoms with E-state index in [0.717, 1.165) is 22.4 Å². The number of hydrogen-bond acceptors (Lipinski definition) is 5. The molecule has 0 saturated heterocycles. The van der Waals surface area contributed by atoms with Gasteiger partial charge in [-0.05, 0) is 53.9 Å². The van der Waals surface area contributed by atoms with Gasteiger partial charge in [-0.3, -0.25) is 4.90 Å². The molecule has 0 aromatic heterocycles. The van der Waals surface area contributed by atoms with Crippen molar-refractivity contribution in [2.45, 2.75) is 26.1 Å². The number of halogens is 1. The number of aryl methyl sites for hydroxylation is 1. The molecule has 1 N–H and O–H groups in total. The lowest BCUT2D eigenvalue weighted by atomic mass is 10.1. The number of methoxy groups -OCH3 is 2. The molecule has 32 heavy (non-hydrogen) atoms. The molecule has 3 rings (SSSR count). The fourth-order valence-corrected chi connectivity index (χ4v) is 3.53. The second-order valence-electron chi connectivity index (χ2n) is 7.72. The standard InChI is InChI=1S/C26H30FNO4/c1-19-6-4-5-7-24(19)32-18-23(29)17-28(15-20-8-11-22(27)12-9-20)16-21-10-13-25(30-2)26(14-21)31-3/h4-14,23,29H,15-18H2,1-3H3/t23-/m0/s1. The van der Waals surface area contributed by atoms with Crippen molar-refractivity contribution in [3.63, 3.8) is 0 Å². The van der Waals surface area contributed by atoms with Crippen molar-refractivity contribution in [3.05, 3.63) is 89.2 Å². The summed E-state index contributed by atoms with van der Waals surface area (Å²) in [5.41, 5.74) is 2.99. The molecule has 0 radical (unpaired) electrons. The summed E-state index contributed by atoms with van der Waals surface area (Å²) in [5, 5.41) is 10.7. The number of benzene rings is 3. The molecule has 0 aliphatic heterocycles. The van der Waals surface area contributed by atoms with Crippen LogP contribution in [-0.4, -0.2) is 43.5 Å². The van der Waals surface area contributed by atoms with Gasteiger partial charge in [0.25, 0.3) is 0 Å². The van der Waals surface area contributed by atoms with Gasteiger partial charge < -0.3 is 19.3 Å². The van der Waals surface area contributed by atoms with Crippen LogP contribution in [0.15, 0.2) is 66.7 Å². The Hall–Kier alpha value is -3.09. The van der Waals surface area contributed by atoms with Crippen molar-refractivity contribution in [2.75, 3.05) is 27.4 Å². The summed E-state index contributed by atoms with van der Waals surface area (Å²) in [6.07, 6.45) is -0.699. The molecule has 170 valence electrons. The van der Waals surface area contributed by atoms with Gasteiger partial charge in [0.1, 0.15) is 24.3 Å². The number of aliphatic hydroxyl groups excluding tert-OH is 1. The van der Waals surface area contributed by atoms with E-state index in [-0.39, 0.29) is 12.4 Å². The van der Waals surface area contributed by atoms with Crippen molar-refractivity contribution in [3.8, 4) is 17.2 Å². The van der Waals surface area contributed by atoms with E-state index in [4.69, 9.17) is 14.2 Å². The Labute approximate surface area is 189 Å². The van der Waals surface area contributed by atoms with E-state index < -0.39 is 6.10 Å². The summed E-state index contributed by atoms with van der Waals surface area (Å²) in [5.74, 6) is 1.80. The van der Waals surface area contributed by atoms with Gasteiger partial charge in [0.15, 0.2) is 11.5 Å². The molecule has 5 nitrogen and oxygen atoms in total. The number of para-hydroxylation sites is 1. The topological polar surface area (TPSA) is 51.2 Å². The SMILES string of the molecule is COc1ccc(CN(Cc2ccc(F)cc2)C[C@H](O)COc2ccccc2C)cc1OC. The lowest BCUT2D eigenvalue weighted by Gasteiger charge is -2.26. The average Bonchev–Trinajstić information content (AvgIpc) is 2.80. The fraction of sp³-hybridized carbons (Fsp3) is 0.308. The molecule has 0 unspecified atom stereocenters. The van der Waals surface area contributed by atoms with Crippen molar-refractivity contribution in [1.82, 2.24) is 4.90 Å². The minimum absolute atomic E-state index is 0.177. The number of hydrogen-bond donors (Lipinski definition) is 1. The summed E-state index contributed by atoms with van der Waals surface area (Å²) in [6, 6.07) is 19.9. The lowest BCUT2D eigenvalue weighted by molar-refractivity contribution is 0.0626. The molecule has 0 amide bonds. The summed E-state index contributed by atoms with van der Waals surface area (Å²) in [4.78, 5) is 2.10. The molecule has 0 fully saturated rings. The first-order chi connectivity index (χ1) is 15.5. The number of aliphatic hydroxyl groups is 1. The van der Waals surface area contributed by atoms with Crippen molar-refractivity contribution < 1.29 is 23.7 Å². The predicted molar refractivity (Wildman–Crippen MR) is 123 cm³/mol. The minimum Gasteiger partial charge on any atom is -0.493 e. The van der Waals surface area contributed by atoms with Crippen LogP contribution >= 0.6 is 0 Å². The molecular formula is C26H30FNO4. The molecule has 0 saturated carbocycles. The monoisotopic (exact) mass is 439 g/mol. The molecule has 0 bridgehead atoms. The molecule has 0 spiro atoms. The van der Waals surface area contributed by atoms with E-state index in [1.54, 1.807) is 26.4 Å². The Morgan fingerprint density at radius 2 is 1.50 bits per heavy atom.